The van der Waals surface area contributed by atoms with Crippen molar-refractivity contribution in [3.05, 3.63) is 41.8 Å². The van der Waals surface area contributed by atoms with Crippen LogP contribution in [0.3, 0.4) is 0 Å². The van der Waals surface area contributed by atoms with Crippen LogP contribution in [0.4, 0.5) is 21.8 Å². The summed E-state index contributed by atoms with van der Waals surface area (Å²) in [6.45, 7) is 1.01. The van der Waals surface area contributed by atoms with Crippen molar-refractivity contribution < 1.29 is 18.8 Å². The first-order valence-corrected chi connectivity index (χ1v) is 8.83. The first-order chi connectivity index (χ1) is 13.6. The molecular weight excluding hydrogens is 364 g/mol. The number of hydrogen-bond donors (Lipinski definition) is 3. The molecule has 0 spiro atoms. The standard InChI is InChI=1S/C18H17BFN5O3/c20-14-8-13(7-11-1-4-19(26)28-17(11)14)23-18-22-5-2-16(25-18)24-15-10-27-6-3-12(15)9-21/h1-2,4-5,7-8,12,15,26H,3,6,10H2,(H2,22,23,24,25)/t12-,15?/m1/s1. The quantitative estimate of drug-likeness (QED) is 0.691. The second kappa shape index (κ2) is 7.84. The average Bonchev–Trinajstić information content (AvgIpc) is 2.69. The zero-order valence-electron chi connectivity index (χ0n) is 14.8. The van der Waals surface area contributed by atoms with Crippen LogP contribution in [0.15, 0.2) is 30.4 Å². The van der Waals surface area contributed by atoms with Gasteiger partial charge in [0.2, 0.25) is 5.95 Å². The van der Waals surface area contributed by atoms with Crippen molar-refractivity contribution >= 4 is 30.6 Å². The largest absolute Gasteiger partial charge is 0.552 e. The fourth-order valence-electron chi connectivity index (χ4n) is 3.13. The number of nitrogens with one attached hydrogen (secondary N) is 2. The average molecular weight is 381 g/mol. The molecule has 1 unspecified atom stereocenters. The number of anilines is 3. The molecule has 0 amide bonds. The molecule has 10 heteroatoms. The number of fused-ring (bicyclic) bond motifs is 1. The summed E-state index contributed by atoms with van der Waals surface area (Å²) in [6.07, 6.45) is 3.82. The number of ether oxygens (including phenoxy) is 1. The van der Waals surface area contributed by atoms with E-state index >= 15 is 0 Å². The van der Waals surface area contributed by atoms with Crippen LogP contribution in [0.2, 0.25) is 0 Å². The first kappa shape index (κ1) is 18.2. The van der Waals surface area contributed by atoms with Crippen molar-refractivity contribution in [2.75, 3.05) is 23.8 Å². The summed E-state index contributed by atoms with van der Waals surface area (Å²) in [5.74, 6) is 1.47. The normalized spacial score (nSPS) is 20.7. The fourth-order valence-corrected chi connectivity index (χ4v) is 3.13. The van der Waals surface area contributed by atoms with Gasteiger partial charge in [0.25, 0.3) is 0 Å². The Morgan fingerprint density at radius 2 is 2.29 bits per heavy atom. The van der Waals surface area contributed by atoms with Crippen LogP contribution in [0.1, 0.15) is 12.0 Å². The monoisotopic (exact) mass is 381 g/mol. The SMILES string of the molecule is N#C[C@H]1CCOCC1Nc1ccnc(Nc2cc(F)c3c(c2)C=CB(O)O3)n1. The highest BCUT2D eigenvalue weighted by molar-refractivity contribution is 6.51. The van der Waals surface area contributed by atoms with Crippen molar-refractivity contribution in [2.45, 2.75) is 12.5 Å². The maximum atomic E-state index is 14.3. The molecular formula is C18H17BFN5O3. The molecule has 0 bridgehead atoms. The van der Waals surface area contributed by atoms with Gasteiger partial charge >= 0.3 is 7.12 Å². The van der Waals surface area contributed by atoms with Gasteiger partial charge in [0.15, 0.2) is 5.82 Å². The zero-order valence-corrected chi connectivity index (χ0v) is 14.8. The Kier molecular flexibility index (Phi) is 5.10. The van der Waals surface area contributed by atoms with E-state index in [1.807, 2.05) is 0 Å². The van der Waals surface area contributed by atoms with Crippen molar-refractivity contribution in [1.82, 2.24) is 9.97 Å². The maximum absolute atomic E-state index is 14.3. The lowest BCUT2D eigenvalue weighted by Crippen LogP contribution is -2.38. The Morgan fingerprint density at radius 1 is 1.39 bits per heavy atom. The van der Waals surface area contributed by atoms with Crippen molar-refractivity contribution in [2.24, 2.45) is 5.92 Å². The van der Waals surface area contributed by atoms with Gasteiger partial charge in [-0.05, 0) is 24.5 Å². The second-order valence-electron chi connectivity index (χ2n) is 6.48. The van der Waals surface area contributed by atoms with Crippen LogP contribution >= 0.6 is 0 Å². The lowest BCUT2D eigenvalue weighted by atomic mass is 9.86. The van der Waals surface area contributed by atoms with Crippen molar-refractivity contribution in [3.63, 3.8) is 0 Å². The number of benzene rings is 1. The van der Waals surface area contributed by atoms with E-state index in [-0.39, 0.29) is 23.7 Å². The molecule has 1 aromatic carbocycles. The molecule has 0 saturated carbocycles. The third-order valence-corrected chi connectivity index (χ3v) is 4.52. The summed E-state index contributed by atoms with van der Waals surface area (Å²) in [7, 11) is -1.16. The van der Waals surface area contributed by atoms with Gasteiger partial charge in [-0.1, -0.05) is 6.08 Å². The molecule has 0 radical (unpaired) electrons. The smallest absolute Gasteiger partial charge is 0.530 e. The molecule has 0 aliphatic carbocycles. The molecule has 2 atom stereocenters. The Morgan fingerprint density at radius 3 is 3.14 bits per heavy atom. The number of rotatable bonds is 4. The predicted molar refractivity (Wildman–Crippen MR) is 101 cm³/mol. The number of aromatic nitrogens is 2. The minimum atomic E-state index is -1.16. The van der Waals surface area contributed by atoms with Crippen LogP contribution in [-0.4, -0.2) is 41.4 Å². The lowest BCUT2D eigenvalue weighted by Gasteiger charge is -2.28. The molecule has 1 saturated heterocycles. The second-order valence-corrected chi connectivity index (χ2v) is 6.48. The van der Waals surface area contributed by atoms with E-state index in [2.05, 4.69) is 26.7 Å². The van der Waals surface area contributed by atoms with Gasteiger partial charge in [-0.25, -0.2) is 9.37 Å². The summed E-state index contributed by atoms with van der Waals surface area (Å²) in [5.41, 5.74) is 0.937. The third kappa shape index (κ3) is 3.90. The summed E-state index contributed by atoms with van der Waals surface area (Å²) in [4.78, 5) is 8.53. The van der Waals surface area contributed by atoms with E-state index in [1.54, 1.807) is 24.4 Å². The molecule has 3 N–H and O–H groups in total. The van der Waals surface area contributed by atoms with Gasteiger partial charge in [0.05, 0.1) is 24.6 Å². The molecule has 28 heavy (non-hydrogen) atoms. The number of nitrogens with zero attached hydrogens (tertiary/aromatic N) is 3. The summed E-state index contributed by atoms with van der Waals surface area (Å²) >= 11 is 0. The highest BCUT2D eigenvalue weighted by Gasteiger charge is 2.26. The van der Waals surface area contributed by atoms with Gasteiger partial charge in [-0.2, -0.15) is 10.2 Å². The molecule has 2 aliphatic rings. The van der Waals surface area contributed by atoms with E-state index in [4.69, 9.17) is 9.39 Å². The highest BCUT2D eigenvalue weighted by Crippen LogP contribution is 2.32. The zero-order chi connectivity index (χ0) is 19.5. The highest BCUT2D eigenvalue weighted by atomic mass is 19.1. The number of nitriles is 1. The van der Waals surface area contributed by atoms with E-state index in [9.17, 15) is 14.7 Å². The van der Waals surface area contributed by atoms with E-state index in [0.29, 0.717) is 36.7 Å². The summed E-state index contributed by atoms with van der Waals surface area (Å²) in [6, 6.07) is 6.74. The molecule has 4 rings (SSSR count). The molecule has 2 aliphatic heterocycles. The number of halogens is 1. The fraction of sp³-hybridized carbons (Fsp3) is 0.278. The molecule has 1 fully saturated rings. The Balaban J connectivity index is 1.51. The van der Waals surface area contributed by atoms with Crippen LogP contribution < -0.4 is 15.3 Å². The van der Waals surface area contributed by atoms with Crippen LogP contribution in [-0.2, 0) is 4.74 Å². The van der Waals surface area contributed by atoms with E-state index in [0.717, 1.165) is 0 Å². The van der Waals surface area contributed by atoms with Gasteiger partial charge in [-0.3, -0.25) is 0 Å². The molecule has 3 heterocycles. The molecule has 142 valence electrons. The maximum Gasteiger partial charge on any atom is 0.552 e. The minimum absolute atomic E-state index is 0.00303. The first-order valence-electron chi connectivity index (χ1n) is 8.83. The van der Waals surface area contributed by atoms with Crippen molar-refractivity contribution in [3.8, 4) is 11.8 Å². The third-order valence-electron chi connectivity index (χ3n) is 4.52. The Labute approximate surface area is 161 Å². The van der Waals surface area contributed by atoms with Gasteiger partial charge in [0.1, 0.15) is 11.6 Å². The summed E-state index contributed by atoms with van der Waals surface area (Å²) in [5, 5.41) is 24.9. The van der Waals surface area contributed by atoms with Gasteiger partial charge in [-0.15, -0.1) is 0 Å². The predicted octanol–water partition coefficient (Wildman–Crippen LogP) is 2.13. The van der Waals surface area contributed by atoms with Crippen LogP contribution in [0.5, 0.6) is 5.75 Å². The van der Waals surface area contributed by atoms with Crippen molar-refractivity contribution in [1.29, 1.82) is 5.26 Å². The Hall–Kier alpha value is -3.16. The topological polar surface area (TPSA) is 112 Å². The van der Waals surface area contributed by atoms with E-state index < -0.39 is 12.9 Å². The molecule has 1 aromatic heterocycles. The van der Waals surface area contributed by atoms with Crippen LogP contribution in [0, 0.1) is 23.1 Å². The van der Waals surface area contributed by atoms with Gasteiger partial charge in [0, 0.05) is 30.1 Å². The Bertz CT molecular complexity index is 951. The number of hydrogen-bond acceptors (Lipinski definition) is 8. The van der Waals surface area contributed by atoms with E-state index in [1.165, 1.54) is 12.0 Å². The summed E-state index contributed by atoms with van der Waals surface area (Å²) < 4.78 is 24.8. The minimum Gasteiger partial charge on any atom is -0.530 e. The molecule has 2 aromatic rings. The van der Waals surface area contributed by atoms with Gasteiger partial charge < -0.3 is 25.0 Å². The molecule has 8 nitrogen and oxygen atoms in total. The lowest BCUT2D eigenvalue weighted by molar-refractivity contribution is 0.0698. The van der Waals surface area contributed by atoms with Crippen LogP contribution in [0.25, 0.3) is 6.08 Å².